The van der Waals surface area contributed by atoms with E-state index < -0.39 is 6.36 Å². The van der Waals surface area contributed by atoms with Crippen LogP contribution < -0.4 is 4.74 Å². The monoisotopic (exact) mass is 513 g/mol. The van der Waals surface area contributed by atoms with Crippen molar-refractivity contribution < 1.29 is 32.0 Å². The largest absolute Gasteiger partial charge is 0.573 e. The van der Waals surface area contributed by atoms with Crippen molar-refractivity contribution in [3.05, 3.63) is 30.2 Å². The zero-order valence-electron chi connectivity index (χ0n) is 19.5. The molecule has 1 aromatic carbocycles. The highest BCUT2D eigenvalue weighted by Crippen LogP contribution is 2.38. The number of unbranched alkanes of at least 4 members (excludes halogenated alkanes) is 1. The third kappa shape index (κ3) is 7.68. The molecule has 0 atom stereocenters. The highest BCUT2D eigenvalue weighted by molar-refractivity contribution is 7.99. The van der Waals surface area contributed by atoms with Crippen molar-refractivity contribution in [1.29, 1.82) is 0 Å². The average Bonchev–Trinajstić information content (AvgIpc) is 3.32. The van der Waals surface area contributed by atoms with Gasteiger partial charge in [0, 0.05) is 38.3 Å². The lowest BCUT2D eigenvalue weighted by atomic mass is 9.92. The minimum absolute atomic E-state index is 0.291. The number of halogens is 3. The molecule has 0 bridgehead atoms. The Labute approximate surface area is 206 Å². The molecule has 2 aliphatic heterocycles. The number of carbonyl (C=O) groups excluding carboxylic acids is 1. The van der Waals surface area contributed by atoms with Crippen LogP contribution in [0.25, 0.3) is 11.4 Å². The fraction of sp³-hybridized carbons (Fsp3) is 0.625. The molecule has 2 saturated heterocycles. The summed E-state index contributed by atoms with van der Waals surface area (Å²) >= 11 is 1.72. The maximum atomic E-state index is 12.3. The number of benzene rings is 1. The second kappa shape index (κ2) is 11.7. The highest BCUT2D eigenvalue weighted by Gasteiger charge is 2.36. The fourth-order valence-corrected chi connectivity index (χ4v) is 5.78. The van der Waals surface area contributed by atoms with E-state index in [1.807, 2.05) is 0 Å². The van der Waals surface area contributed by atoms with Crippen LogP contribution in [0.1, 0.15) is 50.8 Å². The van der Waals surface area contributed by atoms with Gasteiger partial charge in [0.1, 0.15) is 12.0 Å². The maximum absolute atomic E-state index is 12.3. The summed E-state index contributed by atoms with van der Waals surface area (Å²) in [5.41, 5.74) is 0.566. The number of piperidine rings is 1. The zero-order valence-corrected chi connectivity index (χ0v) is 20.3. The Hall–Kier alpha value is -2.11. The van der Waals surface area contributed by atoms with Crippen molar-refractivity contribution in [2.75, 3.05) is 26.3 Å². The van der Waals surface area contributed by atoms with Gasteiger partial charge in [0.2, 0.25) is 11.7 Å². The summed E-state index contributed by atoms with van der Waals surface area (Å²) in [7, 11) is 0. The fourth-order valence-electron chi connectivity index (χ4n) is 4.48. The van der Waals surface area contributed by atoms with Gasteiger partial charge in [0.15, 0.2) is 0 Å². The van der Waals surface area contributed by atoms with Gasteiger partial charge in [-0.1, -0.05) is 29.9 Å². The molecule has 0 spiro atoms. The Morgan fingerprint density at radius 3 is 2.51 bits per heavy atom. The quantitative estimate of drug-likeness (QED) is 0.236. The van der Waals surface area contributed by atoms with Crippen molar-refractivity contribution in [2.45, 2.75) is 62.5 Å². The van der Waals surface area contributed by atoms with Crippen LogP contribution in [0.2, 0.25) is 0 Å². The van der Waals surface area contributed by atoms with E-state index in [4.69, 9.17) is 9.26 Å². The van der Waals surface area contributed by atoms with E-state index in [-0.39, 0.29) is 10.5 Å². The first-order valence-corrected chi connectivity index (χ1v) is 12.8. The lowest BCUT2D eigenvalue weighted by Crippen LogP contribution is -2.40. The van der Waals surface area contributed by atoms with E-state index in [9.17, 15) is 18.0 Å². The van der Waals surface area contributed by atoms with Crippen LogP contribution in [0, 0.1) is 5.92 Å². The van der Waals surface area contributed by atoms with E-state index in [1.165, 1.54) is 24.3 Å². The smallest absolute Gasteiger partial charge is 0.406 e. The second-order valence-electron chi connectivity index (χ2n) is 9.09. The molecule has 0 radical (unpaired) electrons. The van der Waals surface area contributed by atoms with Crippen molar-refractivity contribution >= 4 is 18.2 Å². The number of carbonyl (C=O) groups is 1. The number of rotatable bonds is 10. The number of aromatic nitrogens is 2. The van der Waals surface area contributed by atoms with Gasteiger partial charge in [-0.05, 0) is 62.3 Å². The van der Waals surface area contributed by atoms with Crippen molar-refractivity contribution in [1.82, 2.24) is 14.4 Å². The summed E-state index contributed by atoms with van der Waals surface area (Å²) in [6, 6.07) is 5.40. The molecule has 7 nitrogen and oxygen atoms in total. The third-order valence-electron chi connectivity index (χ3n) is 6.51. The summed E-state index contributed by atoms with van der Waals surface area (Å²) < 4.78 is 53.5. The van der Waals surface area contributed by atoms with Crippen molar-refractivity contribution in [3.63, 3.8) is 0 Å². The number of aryl methyl sites for hydroxylation is 1. The molecule has 1 aromatic heterocycles. The summed E-state index contributed by atoms with van der Waals surface area (Å²) in [6.07, 6.45) is 4.06. The molecular weight excluding hydrogens is 483 g/mol. The summed E-state index contributed by atoms with van der Waals surface area (Å²) in [4.78, 5) is 16.1. The molecule has 0 unspecified atom stereocenters. The van der Waals surface area contributed by atoms with Gasteiger partial charge in [-0.2, -0.15) is 4.98 Å². The third-order valence-corrected chi connectivity index (χ3v) is 8.00. The lowest BCUT2D eigenvalue weighted by Gasteiger charge is -2.38. The summed E-state index contributed by atoms with van der Waals surface area (Å²) in [6.45, 7) is 3.33. The lowest BCUT2D eigenvalue weighted by molar-refractivity contribution is -0.274. The highest BCUT2D eigenvalue weighted by atomic mass is 32.2. The topological polar surface area (TPSA) is 77.7 Å². The number of nitrogens with zero attached hydrogens (tertiary/aromatic N) is 3. The predicted octanol–water partition coefficient (Wildman–Crippen LogP) is 5.46. The van der Waals surface area contributed by atoms with E-state index in [0.29, 0.717) is 42.8 Å². The molecule has 0 aliphatic carbocycles. The molecule has 3 heterocycles. The van der Waals surface area contributed by atoms with Crippen molar-refractivity contribution in [3.8, 4) is 17.1 Å². The second-order valence-corrected chi connectivity index (χ2v) is 10.6. The molecule has 2 fully saturated rings. The Balaban J connectivity index is 1.15. The minimum Gasteiger partial charge on any atom is -0.406 e. The molecule has 0 N–H and O–H groups in total. The standard InChI is InChI=1S/C24H30F3N3O4S/c25-24(26,27)33-20-7-5-19(6-8-20)22-28-21(34-29-22)4-2-1-3-18-9-13-30(14-10-18)35-23(17-31)11-15-32-16-12-23/h5-8,17-18H,1-4,9-16H2. The van der Waals surface area contributed by atoms with Gasteiger partial charge in [-0.25, -0.2) is 4.31 Å². The SMILES string of the molecule is O=CC1(SN2CCC(CCCCc3nc(-c4ccc(OC(F)(F)F)cc4)no3)CC2)CCOCC1. The van der Waals surface area contributed by atoms with E-state index >= 15 is 0 Å². The van der Waals surface area contributed by atoms with Gasteiger partial charge >= 0.3 is 6.36 Å². The first kappa shape index (κ1) is 26.0. The van der Waals surface area contributed by atoms with Gasteiger partial charge in [-0.3, -0.25) is 0 Å². The minimum atomic E-state index is -4.72. The van der Waals surface area contributed by atoms with E-state index in [1.54, 1.807) is 11.9 Å². The Morgan fingerprint density at radius 1 is 1.14 bits per heavy atom. The molecular formula is C24H30F3N3O4S. The maximum Gasteiger partial charge on any atom is 0.573 e. The van der Waals surface area contributed by atoms with Gasteiger partial charge in [-0.15, -0.1) is 13.2 Å². The van der Waals surface area contributed by atoms with Gasteiger partial charge in [0.05, 0.1) is 4.75 Å². The van der Waals surface area contributed by atoms with Crippen LogP contribution in [-0.4, -0.2) is 58.1 Å². The molecule has 0 saturated carbocycles. The Bertz CT molecular complexity index is 940. The molecule has 35 heavy (non-hydrogen) atoms. The van der Waals surface area contributed by atoms with E-state index in [0.717, 1.165) is 64.3 Å². The summed E-state index contributed by atoms with van der Waals surface area (Å²) in [5, 5.41) is 3.94. The normalized spacial score (nSPS) is 19.5. The molecule has 11 heteroatoms. The molecule has 2 aromatic rings. The number of aldehydes is 1. The zero-order chi connectivity index (χ0) is 24.7. The molecule has 2 aliphatic rings. The predicted molar refractivity (Wildman–Crippen MR) is 125 cm³/mol. The Kier molecular flexibility index (Phi) is 8.72. The average molecular weight is 514 g/mol. The van der Waals surface area contributed by atoms with Crippen LogP contribution in [-0.2, 0) is 16.0 Å². The van der Waals surface area contributed by atoms with Crippen LogP contribution in [0.3, 0.4) is 0 Å². The number of ether oxygens (including phenoxy) is 2. The van der Waals surface area contributed by atoms with E-state index in [2.05, 4.69) is 19.2 Å². The van der Waals surface area contributed by atoms with Crippen molar-refractivity contribution in [2.24, 2.45) is 5.92 Å². The molecule has 0 amide bonds. The molecule has 4 rings (SSSR count). The number of alkyl halides is 3. The first-order valence-electron chi connectivity index (χ1n) is 12.0. The summed E-state index contributed by atoms with van der Waals surface area (Å²) in [5.74, 6) is 1.27. The van der Waals surface area contributed by atoms with Gasteiger partial charge in [0.25, 0.3) is 0 Å². The number of hydrogen-bond acceptors (Lipinski definition) is 8. The van der Waals surface area contributed by atoms with Crippen LogP contribution in [0.15, 0.2) is 28.8 Å². The van der Waals surface area contributed by atoms with Crippen LogP contribution >= 0.6 is 11.9 Å². The van der Waals surface area contributed by atoms with Crippen LogP contribution in [0.4, 0.5) is 13.2 Å². The van der Waals surface area contributed by atoms with Gasteiger partial charge < -0.3 is 18.8 Å². The first-order chi connectivity index (χ1) is 16.8. The Morgan fingerprint density at radius 2 is 1.86 bits per heavy atom. The van der Waals surface area contributed by atoms with Crippen LogP contribution in [0.5, 0.6) is 5.75 Å². The molecule has 192 valence electrons. The number of hydrogen-bond donors (Lipinski definition) is 0.